The van der Waals surface area contributed by atoms with Crippen molar-refractivity contribution in [3.8, 4) is 5.75 Å². The first-order valence-corrected chi connectivity index (χ1v) is 9.25. The highest BCUT2D eigenvalue weighted by atomic mass is 16.5. The second-order valence-corrected chi connectivity index (χ2v) is 6.86. The van der Waals surface area contributed by atoms with Crippen molar-refractivity contribution < 1.29 is 9.53 Å². The SMILES string of the molecule is COc1ccccc1N1CCN(CC(=O)N2CCc3ccccc32)CC1. The van der Waals surface area contributed by atoms with Gasteiger partial charge in [0.05, 0.1) is 19.3 Å². The topological polar surface area (TPSA) is 36.0 Å². The van der Waals surface area contributed by atoms with Crippen molar-refractivity contribution in [3.63, 3.8) is 0 Å². The Bertz CT molecular complexity index is 784. The summed E-state index contributed by atoms with van der Waals surface area (Å²) in [6, 6.07) is 16.4. The van der Waals surface area contributed by atoms with Crippen LogP contribution in [-0.2, 0) is 11.2 Å². The van der Waals surface area contributed by atoms with Crippen LogP contribution in [0.1, 0.15) is 5.56 Å². The zero-order chi connectivity index (χ0) is 17.9. The number of nitrogens with zero attached hydrogens (tertiary/aromatic N) is 3. The predicted molar refractivity (Wildman–Crippen MR) is 104 cm³/mol. The molecule has 136 valence electrons. The van der Waals surface area contributed by atoms with Gasteiger partial charge in [0.25, 0.3) is 0 Å². The molecule has 2 aromatic carbocycles. The number of piperazine rings is 1. The Balaban J connectivity index is 1.35. The van der Waals surface area contributed by atoms with E-state index in [2.05, 4.69) is 28.0 Å². The third kappa shape index (κ3) is 3.27. The number of hydrogen-bond acceptors (Lipinski definition) is 4. The fourth-order valence-electron chi connectivity index (χ4n) is 3.91. The molecule has 0 atom stereocenters. The lowest BCUT2D eigenvalue weighted by Crippen LogP contribution is -2.50. The Kier molecular flexibility index (Phi) is 4.80. The molecule has 5 heteroatoms. The second-order valence-electron chi connectivity index (χ2n) is 6.86. The first kappa shape index (κ1) is 16.9. The number of hydrogen-bond donors (Lipinski definition) is 0. The van der Waals surface area contributed by atoms with E-state index in [1.54, 1.807) is 7.11 Å². The molecule has 0 aromatic heterocycles. The number of methoxy groups -OCH3 is 1. The number of anilines is 2. The third-order valence-corrected chi connectivity index (χ3v) is 5.35. The molecule has 2 aliphatic heterocycles. The minimum absolute atomic E-state index is 0.209. The zero-order valence-corrected chi connectivity index (χ0v) is 15.2. The summed E-state index contributed by atoms with van der Waals surface area (Å²) in [4.78, 5) is 19.3. The van der Waals surface area contributed by atoms with Crippen LogP contribution in [0.4, 0.5) is 11.4 Å². The molecular weight excluding hydrogens is 326 g/mol. The third-order valence-electron chi connectivity index (χ3n) is 5.35. The summed E-state index contributed by atoms with van der Waals surface area (Å²) < 4.78 is 5.47. The maximum atomic E-state index is 12.8. The Hall–Kier alpha value is -2.53. The maximum absolute atomic E-state index is 12.8. The van der Waals surface area contributed by atoms with Crippen molar-refractivity contribution in [1.82, 2.24) is 4.90 Å². The number of ether oxygens (including phenoxy) is 1. The van der Waals surface area contributed by atoms with Crippen LogP contribution >= 0.6 is 0 Å². The van der Waals surface area contributed by atoms with Gasteiger partial charge in [0.2, 0.25) is 5.91 Å². The lowest BCUT2D eigenvalue weighted by molar-refractivity contribution is -0.119. The molecule has 1 amide bonds. The van der Waals surface area contributed by atoms with Gasteiger partial charge in [0, 0.05) is 38.4 Å². The average molecular weight is 351 g/mol. The molecule has 0 saturated carbocycles. The minimum Gasteiger partial charge on any atom is -0.495 e. The molecule has 0 unspecified atom stereocenters. The molecule has 5 nitrogen and oxygen atoms in total. The fraction of sp³-hybridized carbons (Fsp3) is 0.381. The van der Waals surface area contributed by atoms with Gasteiger partial charge in [-0.3, -0.25) is 9.69 Å². The molecule has 0 bridgehead atoms. The van der Waals surface area contributed by atoms with Crippen molar-refractivity contribution in [3.05, 3.63) is 54.1 Å². The highest BCUT2D eigenvalue weighted by molar-refractivity contribution is 5.96. The molecule has 1 fully saturated rings. The van der Waals surface area contributed by atoms with Gasteiger partial charge < -0.3 is 14.5 Å². The molecule has 4 rings (SSSR count). The van der Waals surface area contributed by atoms with Crippen LogP contribution in [0.2, 0.25) is 0 Å². The highest BCUT2D eigenvalue weighted by Crippen LogP contribution is 2.29. The number of benzene rings is 2. The zero-order valence-electron chi connectivity index (χ0n) is 15.2. The van der Waals surface area contributed by atoms with E-state index in [1.807, 2.05) is 35.2 Å². The minimum atomic E-state index is 0.209. The Morgan fingerprint density at radius 1 is 0.923 bits per heavy atom. The standard InChI is InChI=1S/C21H25N3O2/c1-26-20-9-5-4-8-19(20)23-14-12-22(13-15-23)16-21(25)24-11-10-17-6-2-3-7-18(17)24/h2-9H,10-16H2,1H3. The van der Waals surface area contributed by atoms with E-state index in [-0.39, 0.29) is 5.91 Å². The number of para-hydroxylation sites is 3. The van der Waals surface area contributed by atoms with Crippen molar-refractivity contribution in [2.75, 3.05) is 56.2 Å². The lowest BCUT2D eigenvalue weighted by Gasteiger charge is -2.36. The van der Waals surface area contributed by atoms with Crippen LogP contribution in [0, 0.1) is 0 Å². The first-order valence-electron chi connectivity index (χ1n) is 9.25. The summed E-state index contributed by atoms with van der Waals surface area (Å²) in [5.41, 5.74) is 3.50. The lowest BCUT2D eigenvalue weighted by atomic mass is 10.2. The summed E-state index contributed by atoms with van der Waals surface area (Å²) in [7, 11) is 1.71. The largest absolute Gasteiger partial charge is 0.495 e. The van der Waals surface area contributed by atoms with E-state index in [0.29, 0.717) is 6.54 Å². The molecule has 2 heterocycles. The Labute approximate surface area is 154 Å². The van der Waals surface area contributed by atoms with Crippen LogP contribution in [0.3, 0.4) is 0 Å². The first-order chi connectivity index (χ1) is 12.8. The molecule has 2 aliphatic rings. The van der Waals surface area contributed by atoms with Crippen molar-refractivity contribution in [2.45, 2.75) is 6.42 Å². The molecule has 0 N–H and O–H groups in total. The summed E-state index contributed by atoms with van der Waals surface area (Å²) in [5.74, 6) is 1.12. The highest BCUT2D eigenvalue weighted by Gasteiger charge is 2.27. The monoisotopic (exact) mass is 351 g/mol. The van der Waals surface area contributed by atoms with Crippen molar-refractivity contribution >= 4 is 17.3 Å². The summed E-state index contributed by atoms with van der Waals surface area (Å²) in [6.07, 6.45) is 0.962. The second kappa shape index (κ2) is 7.38. The van der Waals surface area contributed by atoms with Gasteiger partial charge in [-0.1, -0.05) is 30.3 Å². The van der Waals surface area contributed by atoms with E-state index in [0.717, 1.165) is 56.3 Å². The number of fused-ring (bicyclic) bond motifs is 1. The molecular formula is C21H25N3O2. The number of carbonyl (C=O) groups is 1. The van der Waals surface area contributed by atoms with Gasteiger partial charge in [0.1, 0.15) is 5.75 Å². The number of rotatable bonds is 4. The van der Waals surface area contributed by atoms with Crippen LogP contribution in [0.15, 0.2) is 48.5 Å². The van der Waals surface area contributed by atoms with Crippen LogP contribution in [0.5, 0.6) is 5.75 Å². The summed E-state index contributed by atoms with van der Waals surface area (Å²) in [5, 5.41) is 0. The Morgan fingerprint density at radius 3 is 2.38 bits per heavy atom. The number of carbonyl (C=O) groups excluding carboxylic acids is 1. The maximum Gasteiger partial charge on any atom is 0.241 e. The van der Waals surface area contributed by atoms with Crippen molar-refractivity contribution in [1.29, 1.82) is 0 Å². The quantitative estimate of drug-likeness (QED) is 0.848. The molecule has 0 spiro atoms. The fourth-order valence-corrected chi connectivity index (χ4v) is 3.91. The molecule has 2 aromatic rings. The van der Waals surface area contributed by atoms with Gasteiger partial charge in [0.15, 0.2) is 0 Å². The smallest absolute Gasteiger partial charge is 0.241 e. The number of amides is 1. The molecule has 0 aliphatic carbocycles. The van der Waals surface area contributed by atoms with E-state index in [9.17, 15) is 4.79 Å². The van der Waals surface area contributed by atoms with Gasteiger partial charge >= 0.3 is 0 Å². The summed E-state index contributed by atoms with van der Waals surface area (Å²) in [6.45, 7) is 4.89. The van der Waals surface area contributed by atoms with Crippen molar-refractivity contribution in [2.24, 2.45) is 0 Å². The van der Waals surface area contributed by atoms with Crippen LogP contribution in [-0.4, -0.2) is 57.2 Å². The molecule has 0 radical (unpaired) electrons. The van der Waals surface area contributed by atoms with Crippen LogP contribution in [0.25, 0.3) is 0 Å². The van der Waals surface area contributed by atoms with E-state index >= 15 is 0 Å². The average Bonchev–Trinajstić information content (AvgIpc) is 3.13. The van der Waals surface area contributed by atoms with Gasteiger partial charge in [-0.15, -0.1) is 0 Å². The predicted octanol–water partition coefficient (Wildman–Crippen LogP) is 2.41. The Morgan fingerprint density at radius 2 is 1.62 bits per heavy atom. The van der Waals surface area contributed by atoms with Gasteiger partial charge in [-0.05, 0) is 30.2 Å². The summed E-state index contributed by atoms with van der Waals surface area (Å²) >= 11 is 0. The van der Waals surface area contributed by atoms with Gasteiger partial charge in [-0.2, -0.15) is 0 Å². The molecule has 26 heavy (non-hydrogen) atoms. The van der Waals surface area contributed by atoms with E-state index in [1.165, 1.54) is 5.56 Å². The normalized spacial score (nSPS) is 17.3. The molecule has 1 saturated heterocycles. The van der Waals surface area contributed by atoms with Gasteiger partial charge in [-0.25, -0.2) is 0 Å². The van der Waals surface area contributed by atoms with E-state index < -0.39 is 0 Å². The van der Waals surface area contributed by atoms with Crippen LogP contribution < -0.4 is 14.5 Å². The van der Waals surface area contributed by atoms with E-state index in [4.69, 9.17) is 4.74 Å².